The van der Waals surface area contributed by atoms with Gasteiger partial charge in [0.2, 0.25) is 0 Å². The van der Waals surface area contributed by atoms with Gasteiger partial charge in [-0.1, -0.05) is 0 Å². The molecule has 0 radical (unpaired) electrons. The molecule has 0 bridgehead atoms. The van der Waals surface area contributed by atoms with E-state index in [0.29, 0.717) is 5.00 Å². The lowest BCUT2D eigenvalue weighted by Gasteiger charge is -2.10. The number of carboxylic acid groups (broad SMARTS) is 1. The maximum Gasteiger partial charge on any atom is 0.357 e. The summed E-state index contributed by atoms with van der Waals surface area (Å²) in [6.45, 7) is 1.58. The van der Waals surface area contributed by atoms with E-state index in [9.17, 15) is 9.59 Å². The van der Waals surface area contributed by atoms with Crippen LogP contribution in [-0.2, 0) is 9.53 Å². The standard InChI is InChI=1S/C8H10N2O4S/c1-4(8(13)14-2)10-6-5(7(11)12)9-3-15-6/h3-4,10H,1-2H3,(H,11,12)/t4-/m0/s1. The summed E-state index contributed by atoms with van der Waals surface area (Å²) < 4.78 is 4.50. The molecule has 6 nitrogen and oxygen atoms in total. The number of hydrogen-bond donors (Lipinski definition) is 2. The zero-order valence-electron chi connectivity index (χ0n) is 8.18. The predicted octanol–water partition coefficient (Wildman–Crippen LogP) is 0.815. The van der Waals surface area contributed by atoms with Crippen molar-refractivity contribution in [2.45, 2.75) is 13.0 Å². The molecule has 2 N–H and O–H groups in total. The SMILES string of the molecule is COC(=O)[C@H](C)Nc1scnc1C(=O)O. The van der Waals surface area contributed by atoms with E-state index >= 15 is 0 Å². The number of thiazole rings is 1. The minimum absolute atomic E-state index is 0.0873. The fourth-order valence-corrected chi connectivity index (χ4v) is 1.69. The van der Waals surface area contributed by atoms with Crippen LogP contribution < -0.4 is 5.32 Å². The number of nitrogens with zero attached hydrogens (tertiary/aromatic N) is 1. The molecule has 1 aromatic heterocycles. The highest BCUT2D eigenvalue weighted by atomic mass is 32.1. The van der Waals surface area contributed by atoms with Gasteiger partial charge in [-0.3, -0.25) is 0 Å². The number of esters is 1. The van der Waals surface area contributed by atoms with Crippen LogP contribution in [0.4, 0.5) is 5.00 Å². The first kappa shape index (κ1) is 11.4. The van der Waals surface area contributed by atoms with Crippen molar-refractivity contribution in [2.75, 3.05) is 12.4 Å². The van der Waals surface area contributed by atoms with Crippen LogP contribution >= 0.6 is 11.3 Å². The van der Waals surface area contributed by atoms with E-state index in [-0.39, 0.29) is 5.69 Å². The molecule has 1 aromatic rings. The Balaban J connectivity index is 2.76. The molecule has 0 aliphatic heterocycles. The van der Waals surface area contributed by atoms with Crippen molar-refractivity contribution in [1.29, 1.82) is 0 Å². The fourth-order valence-electron chi connectivity index (χ4n) is 0.933. The third-order valence-electron chi connectivity index (χ3n) is 1.67. The summed E-state index contributed by atoms with van der Waals surface area (Å²) in [6.07, 6.45) is 0. The fraction of sp³-hybridized carbons (Fsp3) is 0.375. The second-order valence-corrected chi connectivity index (χ2v) is 3.58. The van der Waals surface area contributed by atoms with Crippen molar-refractivity contribution < 1.29 is 19.4 Å². The largest absolute Gasteiger partial charge is 0.476 e. The number of ether oxygens (including phenoxy) is 1. The smallest absolute Gasteiger partial charge is 0.357 e. The van der Waals surface area contributed by atoms with Gasteiger partial charge < -0.3 is 15.2 Å². The maximum absolute atomic E-state index is 11.1. The number of hydrogen-bond acceptors (Lipinski definition) is 6. The normalized spacial score (nSPS) is 11.9. The second kappa shape index (κ2) is 4.74. The first-order valence-electron chi connectivity index (χ1n) is 4.07. The molecule has 1 rings (SSSR count). The van der Waals surface area contributed by atoms with Crippen molar-refractivity contribution in [3.05, 3.63) is 11.2 Å². The average Bonchev–Trinajstić information content (AvgIpc) is 2.64. The summed E-state index contributed by atoms with van der Waals surface area (Å²) in [5.74, 6) is -1.59. The minimum atomic E-state index is -1.13. The lowest BCUT2D eigenvalue weighted by Crippen LogP contribution is -2.27. The number of carbonyl (C=O) groups is 2. The summed E-state index contributed by atoms with van der Waals surface area (Å²) >= 11 is 1.12. The van der Waals surface area contributed by atoms with Crippen molar-refractivity contribution in [2.24, 2.45) is 0 Å². The van der Waals surface area contributed by atoms with Gasteiger partial charge in [-0.05, 0) is 6.92 Å². The monoisotopic (exact) mass is 230 g/mol. The summed E-state index contributed by atoms with van der Waals surface area (Å²) in [7, 11) is 1.27. The number of methoxy groups -OCH3 is 1. The lowest BCUT2D eigenvalue weighted by molar-refractivity contribution is -0.141. The highest BCUT2D eigenvalue weighted by Gasteiger charge is 2.19. The van der Waals surface area contributed by atoms with Gasteiger partial charge in [0.25, 0.3) is 0 Å². The molecular weight excluding hydrogens is 220 g/mol. The van der Waals surface area contributed by atoms with E-state index in [4.69, 9.17) is 5.11 Å². The molecule has 0 aromatic carbocycles. The van der Waals surface area contributed by atoms with E-state index in [1.165, 1.54) is 12.6 Å². The molecule has 15 heavy (non-hydrogen) atoms. The van der Waals surface area contributed by atoms with Gasteiger partial charge in [-0.15, -0.1) is 11.3 Å². The molecule has 1 atom stereocenters. The molecule has 0 unspecified atom stereocenters. The van der Waals surface area contributed by atoms with E-state index in [1.54, 1.807) is 6.92 Å². The first-order valence-corrected chi connectivity index (χ1v) is 4.95. The third kappa shape index (κ3) is 2.66. The zero-order chi connectivity index (χ0) is 11.4. The van der Waals surface area contributed by atoms with Crippen LogP contribution in [0.3, 0.4) is 0 Å². The summed E-state index contributed by atoms with van der Waals surface area (Å²) in [4.78, 5) is 25.4. The Morgan fingerprint density at radius 1 is 1.67 bits per heavy atom. The molecule has 0 amide bonds. The number of aromatic nitrogens is 1. The second-order valence-electron chi connectivity index (χ2n) is 2.72. The summed E-state index contributed by atoms with van der Waals surface area (Å²) in [5, 5.41) is 11.8. The molecule has 0 fully saturated rings. The van der Waals surface area contributed by atoms with Crippen LogP contribution in [0.15, 0.2) is 5.51 Å². The van der Waals surface area contributed by atoms with Crippen LogP contribution in [-0.4, -0.2) is 35.2 Å². The number of aromatic carboxylic acids is 1. The zero-order valence-corrected chi connectivity index (χ0v) is 9.00. The van der Waals surface area contributed by atoms with Crippen LogP contribution in [0.2, 0.25) is 0 Å². The van der Waals surface area contributed by atoms with Gasteiger partial charge in [0, 0.05) is 0 Å². The maximum atomic E-state index is 11.1. The molecule has 0 saturated heterocycles. The first-order chi connectivity index (χ1) is 7.06. The molecule has 7 heteroatoms. The van der Waals surface area contributed by atoms with Gasteiger partial charge in [0.15, 0.2) is 5.69 Å². The number of rotatable bonds is 4. The van der Waals surface area contributed by atoms with E-state index in [1.807, 2.05) is 0 Å². The molecule has 1 heterocycles. The van der Waals surface area contributed by atoms with Crippen molar-refractivity contribution >= 4 is 28.3 Å². The van der Waals surface area contributed by atoms with Gasteiger partial charge in [-0.25, -0.2) is 14.6 Å². The highest BCUT2D eigenvalue weighted by molar-refractivity contribution is 7.14. The van der Waals surface area contributed by atoms with Crippen molar-refractivity contribution in [3.63, 3.8) is 0 Å². The Bertz CT molecular complexity index is 376. The number of nitrogens with one attached hydrogen (secondary N) is 1. The lowest BCUT2D eigenvalue weighted by atomic mass is 10.3. The molecule has 0 aliphatic rings. The van der Waals surface area contributed by atoms with Crippen molar-refractivity contribution in [3.8, 4) is 0 Å². The van der Waals surface area contributed by atoms with Gasteiger partial charge in [0.05, 0.1) is 12.6 Å². The summed E-state index contributed by atoms with van der Waals surface area (Å²) in [5.41, 5.74) is 1.31. The van der Waals surface area contributed by atoms with E-state index in [0.717, 1.165) is 11.3 Å². The van der Waals surface area contributed by atoms with Crippen LogP contribution in [0.1, 0.15) is 17.4 Å². The Kier molecular flexibility index (Phi) is 3.62. The van der Waals surface area contributed by atoms with Crippen LogP contribution in [0.25, 0.3) is 0 Å². The van der Waals surface area contributed by atoms with Gasteiger partial charge in [-0.2, -0.15) is 0 Å². The average molecular weight is 230 g/mol. The Labute approximate surface area is 89.9 Å². The molecule has 0 aliphatic carbocycles. The molecular formula is C8H10N2O4S. The summed E-state index contributed by atoms with van der Waals surface area (Å²) in [6, 6.07) is -0.603. The van der Waals surface area contributed by atoms with Crippen molar-refractivity contribution in [1.82, 2.24) is 4.98 Å². The predicted molar refractivity (Wildman–Crippen MR) is 54.2 cm³/mol. The molecule has 82 valence electrons. The quantitative estimate of drug-likeness (QED) is 0.744. The topological polar surface area (TPSA) is 88.5 Å². The number of carbonyl (C=O) groups excluding carboxylic acids is 1. The number of anilines is 1. The van der Waals surface area contributed by atoms with Gasteiger partial charge >= 0.3 is 11.9 Å². The Hall–Kier alpha value is -1.63. The van der Waals surface area contributed by atoms with E-state index < -0.39 is 18.0 Å². The molecule has 0 saturated carbocycles. The Morgan fingerprint density at radius 2 is 2.33 bits per heavy atom. The Morgan fingerprint density at radius 3 is 2.87 bits per heavy atom. The number of carboxylic acids is 1. The van der Waals surface area contributed by atoms with E-state index in [2.05, 4.69) is 15.0 Å². The molecule has 0 spiro atoms. The highest BCUT2D eigenvalue weighted by Crippen LogP contribution is 2.20. The third-order valence-corrected chi connectivity index (χ3v) is 2.43. The van der Waals surface area contributed by atoms with Crippen LogP contribution in [0.5, 0.6) is 0 Å². The van der Waals surface area contributed by atoms with Crippen LogP contribution in [0, 0.1) is 0 Å². The minimum Gasteiger partial charge on any atom is -0.476 e. The van der Waals surface area contributed by atoms with Gasteiger partial charge in [0.1, 0.15) is 11.0 Å².